The first-order valence-electron chi connectivity index (χ1n) is 12.5. The summed E-state index contributed by atoms with van der Waals surface area (Å²) < 4.78 is 31.3. The lowest BCUT2D eigenvalue weighted by Gasteiger charge is -2.24. The van der Waals surface area contributed by atoms with E-state index < -0.39 is 5.82 Å². The molecule has 2 heterocycles. The van der Waals surface area contributed by atoms with Crippen LogP contribution < -0.4 is 4.74 Å². The van der Waals surface area contributed by atoms with Crippen molar-refractivity contribution < 1.29 is 23.5 Å². The Bertz CT molecular complexity index is 1360. The summed E-state index contributed by atoms with van der Waals surface area (Å²) in [6.45, 7) is 6.96. The van der Waals surface area contributed by atoms with Gasteiger partial charge in [0.05, 0.1) is 18.9 Å². The van der Waals surface area contributed by atoms with E-state index in [0.717, 1.165) is 39.5 Å². The second kappa shape index (κ2) is 11.2. The molecule has 7 heteroatoms. The highest BCUT2D eigenvalue weighted by Crippen LogP contribution is 2.32. The van der Waals surface area contributed by atoms with Gasteiger partial charge in [-0.15, -0.1) is 0 Å². The largest absolute Gasteiger partial charge is 0.505 e. The van der Waals surface area contributed by atoms with E-state index in [1.54, 1.807) is 12.1 Å². The van der Waals surface area contributed by atoms with E-state index in [-0.39, 0.29) is 5.75 Å². The fourth-order valence-corrected chi connectivity index (χ4v) is 4.87. The maximum atomic E-state index is 13.9. The molecule has 1 aliphatic rings. The minimum absolute atomic E-state index is 0.296. The average molecular weight is 503 g/mol. The molecule has 0 aliphatic carbocycles. The normalized spacial score (nSPS) is 15.0. The minimum Gasteiger partial charge on any atom is -0.505 e. The van der Waals surface area contributed by atoms with Crippen molar-refractivity contribution >= 4 is 0 Å². The number of hydrogen-bond donors (Lipinski definition) is 1. The molecule has 1 aliphatic heterocycles. The van der Waals surface area contributed by atoms with Crippen LogP contribution in [0.1, 0.15) is 33.7 Å². The molecule has 1 N–H and O–H groups in total. The van der Waals surface area contributed by atoms with Gasteiger partial charge in [-0.1, -0.05) is 47.6 Å². The Morgan fingerprint density at radius 3 is 2.65 bits per heavy atom. The summed E-state index contributed by atoms with van der Waals surface area (Å²) in [5.41, 5.74) is 6.85. The molecule has 3 aromatic carbocycles. The van der Waals surface area contributed by atoms with Crippen molar-refractivity contribution in [2.75, 3.05) is 26.4 Å². The van der Waals surface area contributed by atoms with Gasteiger partial charge in [-0.25, -0.2) is 4.39 Å². The average Bonchev–Trinajstić information content (AvgIpc) is 3.22. The maximum Gasteiger partial charge on any atom is 0.165 e. The number of halogens is 1. The Morgan fingerprint density at radius 1 is 0.973 bits per heavy atom. The zero-order chi connectivity index (χ0) is 25.8. The van der Waals surface area contributed by atoms with E-state index in [1.165, 1.54) is 11.6 Å². The van der Waals surface area contributed by atoms with Gasteiger partial charge in [0.25, 0.3) is 0 Å². The SMILES string of the molecule is Cc1noc(C)c1-c1ccc2c(c1)Cc1cccc(c1)CN(Cc1cccc(F)c1O)CCOCCO2. The number of phenolic OH excluding ortho intramolecular Hbond substituents is 1. The number of rotatable bonds is 3. The van der Waals surface area contributed by atoms with Crippen LogP contribution >= 0.6 is 0 Å². The molecule has 0 atom stereocenters. The molecule has 1 aromatic heterocycles. The standard InChI is InChI=1S/C30H31FN2O4/c1-20-29(21(2)37-32-20)24-9-10-28-26(17-24)16-22-5-3-6-23(15-22)18-33(11-12-35-13-14-36-28)19-25-7-4-8-27(31)30(25)34/h3-10,15,17,34H,11-14,16,18-19H2,1-2H3. The van der Waals surface area contributed by atoms with Crippen LogP contribution in [0.4, 0.5) is 4.39 Å². The van der Waals surface area contributed by atoms with Gasteiger partial charge in [0.15, 0.2) is 11.6 Å². The summed E-state index contributed by atoms with van der Waals surface area (Å²) in [7, 11) is 0. The third-order valence-corrected chi connectivity index (χ3v) is 6.68. The first-order chi connectivity index (χ1) is 18.0. The summed E-state index contributed by atoms with van der Waals surface area (Å²) in [6, 6.07) is 19.3. The Labute approximate surface area is 216 Å². The van der Waals surface area contributed by atoms with E-state index in [0.29, 0.717) is 51.4 Å². The van der Waals surface area contributed by atoms with Crippen molar-refractivity contribution in [2.24, 2.45) is 0 Å². The summed E-state index contributed by atoms with van der Waals surface area (Å²) in [5.74, 6) is 0.726. The second-order valence-corrected chi connectivity index (χ2v) is 9.44. The Balaban J connectivity index is 1.44. The second-order valence-electron chi connectivity index (χ2n) is 9.44. The van der Waals surface area contributed by atoms with Crippen molar-refractivity contribution in [1.82, 2.24) is 10.1 Å². The topological polar surface area (TPSA) is 68.0 Å². The molecule has 2 bridgehead atoms. The van der Waals surface area contributed by atoms with Crippen LogP contribution in [0.2, 0.25) is 0 Å². The van der Waals surface area contributed by atoms with Crippen molar-refractivity contribution in [2.45, 2.75) is 33.4 Å². The molecule has 6 nitrogen and oxygen atoms in total. The fraction of sp³-hybridized carbons (Fsp3) is 0.300. The molecule has 0 unspecified atom stereocenters. The van der Waals surface area contributed by atoms with Crippen LogP contribution in [-0.4, -0.2) is 41.5 Å². The molecule has 5 rings (SSSR count). The summed E-state index contributed by atoms with van der Waals surface area (Å²) in [6.07, 6.45) is 0.700. The first kappa shape index (κ1) is 25.0. The molecular formula is C30H31FN2O4. The van der Waals surface area contributed by atoms with Gasteiger partial charge in [0.2, 0.25) is 0 Å². The zero-order valence-electron chi connectivity index (χ0n) is 21.2. The van der Waals surface area contributed by atoms with E-state index in [9.17, 15) is 9.50 Å². The Morgan fingerprint density at radius 2 is 1.81 bits per heavy atom. The van der Waals surface area contributed by atoms with Crippen LogP contribution in [0.25, 0.3) is 11.1 Å². The number of aryl methyl sites for hydroxylation is 2. The van der Waals surface area contributed by atoms with E-state index in [2.05, 4.69) is 40.4 Å². The van der Waals surface area contributed by atoms with E-state index in [4.69, 9.17) is 14.0 Å². The molecule has 0 radical (unpaired) electrons. The number of fused-ring (bicyclic) bond motifs is 3. The molecular weight excluding hydrogens is 471 g/mol. The Kier molecular flexibility index (Phi) is 7.53. The van der Waals surface area contributed by atoms with Gasteiger partial charge in [-0.3, -0.25) is 4.90 Å². The van der Waals surface area contributed by atoms with Crippen LogP contribution in [0.3, 0.4) is 0 Å². The number of para-hydroxylation sites is 1. The number of nitrogens with zero attached hydrogens (tertiary/aromatic N) is 2. The smallest absolute Gasteiger partial charge is 0.165 e. The highest BCUT2D eigenvalue weighted by atomic mass is 19.1. The van der Waals surface area contributed by atoms with E-state index in [1.807, 2.05) is 26.0 Å². The summed E-state index contributed by atoms with van der Waals surface area (Å²) in [4.78, 5) is 2.16. The summed E-state index contributed by atoms with van der Waals surface area (Å²) >= 11 is 0. The highest BCUT2D eigenvalue weighted by molar-refractivity contribution is 5.69. The van der Waals surface area contributed by atoms with Crippen molar-refractivity contribution in [3.05, 3.63) is 100 Å². The Hall–Kier alpha value is -3.68. The van der Waals surface area contributed by atoms with Gasteiger partial charge in [-0.05, 0) is 54.3 Å². The predicted molar refractivity (Wildman–Crippen MR) is 139 cm³/mol. The maximum absolute atomic E-state index is 13.9. The molecule has 0 saturated heterocycles. The predicted octanol–water partition coefficient (Wildman–Crippen LogP) is 5.81. The number of aromatic hydroxyl groups is 1. The molecule has 0 fully saturated rings. The molecule has 0 amide bonds. The fourth-order valence-electron chi connectivity index (χ4n) is 4.87. The van der Waals surface area contributed by atoms with Crippen molar-refractivity contribution in [1.29, 1.82) is 0 Å². The highest BCUT2D eigenvalue weighted by Gasteiger charge is 2.16. The minimum atomic E-state index is -0.607. The monoisotopic (exact) mass is 502 g/mol. The van der Waals surface area contributed by atoms with Crippen LogP contribution in [0.5, 0.6) is 11.5 Å². The zero-order valence-corrected chi connectivity index (χ0v) is 21.2. The number of aromatic nitrogens is 1. The molecule has 192 valence electrons. The molecule has 37 heavy (non-hydrogen) atoms. The van der Waals surface area contributed by atoms with Gasteiger partial charge in [-0.2, -0.15) is 0 Å². The van der Waals surface area contributed by atoms with Crippen molar-refractivity contribution in [3.63, 3.8) is 0 Å². The van der Waals surface area contributed by atoms with Gasteiger partial charge >= 0.3 is 0 Å². The van der Waals surface area contributed by atoms with Crippen LogP contribution in [0.15, 0.2) is 65.2 Å². The van der Waals surface area contributed by atoms with Gasteiger partial charge < -0.3 is 19.1 Å². The van der Waals surface area contributed by atoms with E-state index >= 15 is 0 Å². The third-order valence-electron chi connectivity index (χ3n) is 6.68. The quantitative estimate of drug-likeness (QED) is 0.382. The number of benzene rings is 3. The number of phenols is 1. The van der Waals surface area contributed by atoms with Crippen LogP contribution in [-0.2, 0) is 24.2 Å². The van der Waals surface area contributed by atoms with Crippen molar-refractivity contribution in [3.8, 4) is 22.6 Å². The molecule has 0 saturated carbocycles. The summed E-state index contributed by atoms with van der Waals surface area (Å²) in [5, 5.41) is 14.3. The lowest BCUT2D eigenvalue weighted by atomic mass is 9.96. The molecule has 0 spiro atoms. The lowest BCUT2D eigenvalue weighted by Crippen LogP contribution is -2.27. The first-order valence-corrected chi connectivity index (χ1v) is 12.5. The van der Waals surface area contributed by atoms with Gasteiger partial charge in [0, 0.05) is 37.2 Å². The van der Waals surface area contributed by atoms with Crippen LogP contribution in [0, 0.1) is 19.7 Å². The number of ether oxygens (including phenoxy) is 2. The number of hydrogen-bond acceptors (Lipinski definition) is 6. The third kappa shape index (κ3) is 5.84. The van der Waals surface area contributed by atoms with Gasteiger partial charge in [0.1, 0.15) is 18.1 Å². The molecule has 4 aromatic rings. The lowest BCUT2D eigenvalue weighted by molar-refractivity contribution is 0.0755.